The van der Waals surface area contributed by atoms with Gasteiger partial charge in [-0.1, -0.05) is 144 Å². The van der Waals surface area contributed by atoms with Crippen LogP contribution in [0, 0.1) is 12.2 Å². The molecule has 0 aromatic heterocycles. The van der Waals surface area contributed by atoms with Crippen LogP contribution in [0.15, 0.2) is 11.0 Å². The third-order valence-corrected chi connectivity index (χ3v) is 18.9. The monoisotopic (exact) mass is 542 g/mol. The van der Waals surface area contributed by atoms with Gasteiger partial charge in [-0.05, 0) is 0 Å². The first-order chi connectivity index (χ1) is 13.9. The summed E-state index contributed by atoms with van der Waals surface area (Å²) >= 11 is 0. The Balaban J connectivity index is -0.000000398. The summed E-state index contributed by atoms with van der Waals surface area (Å²) in [5.41, 5.74) is 2.73. The van der Waals surface area contributed by atoms with Crippen molar-refractivity contribution in [3.8, 4) is 0 Å². The largest absolute Gasteiger partial charge is 4.00 e. The summed E-state index contributed by atoms with van der Waals surface area (Å²) in [6.07, 6.45) is 10.1. The van der Waals surface area contributed by atoms with Crippen LogP contribution in [-0.2, 0) is 21.7 Å². The molecule has 0 unspecified atom stereocenters. The van der Waals surface area contributed by atoms with Gasteiger partial charge in [-0.3, -0.25) is 0 Å². The van der Waals surface area contributed by atoms with Gasteiger partial charge in [-0.25, -0.2) is 0 Å². The van der Waals surface area contributed by atoms with Gasteiger partial charge in [0, 0.05) is 6.71 Å². The summed E-state index contributed by atoms with van der Waals surface area (Å²) in [5.74, 6) is 0. The Morgan fingerprint density at radius 2 is 1.19 bits per heavy atom. The quantitative estimate of drug-likeness (QED) is 0.174. The van der Waals surface area contributed by atoms with Crippen LogP contribution in [0.4, 0.5) is 0 Å². The van der Waals surface area contributed by atoms with E-state index in [9.17, 15) is 0 Å². The van der Waals surface area contributed by atoms with Crippen molar-refractivity contribution in [2.75, 3.05) is 0 Å². The van der Waals surface area contributed by atoms with Crippen molar-refractivity contribution in [2.45, 2.75) is 131 Å². The van der Waals surface area contributed by atoms with E-state index in [1.165, 1.54) is 35.8 Å². The smallest absolute Gasteiger partial charge is 0.668 e. The number of rotatable bonds is 7. The fraction of sp³-hybridized carbons (Fsp3) is 0.833. The summed E-state index contributed by atoms with van der Waals surface area (Å²) < 4.78 is 9.75. The van der Waals surface area contributed by atoms with Crippen LogP contribution in [0.5, 0.6) is 0 Å². The molecule has 8 heteroatoms. The second-order valence-corrected chi connectivity index (χ2v) is 30.7. The van der Waals surface area contributed by atoms with Gasteiger partial charge in [0.15, 0.2) is 0 Å². The molecule has 0 aliphatic carbocycles. The van der Waals surface area contributed by atoms with E-state index in [-0.39, 0.29) is 21.7 Å². The molecule has 0 amide bonds. The first-order valence-corrected chi connectivity index (χ1v) is 25.6. The molecule has 1 fully saturated rings. The zero-order chi connectivity index (χ0) is 25.1. The Labute approximate surface area is 224 Å². The summed E-state index contributed by atoms with van der Waals surface area (Å²) in [6.45, 7) is 34.7. The summed E-state index contributed by atoms with van der Waals surface area (Å²) in [5, 5.41) is 0. The average molecular weight is 543 g/mol. The first kappa shape index (κ1) is 37.6. The minimum absolute atomic E-state index is 0. The molecule has 1 heterocycles. The molecule has 0 saturated carbocycles. The van der Waals surface area contributed by atoms with Crippen molar-refractivity contribution in [3.63, 3.8) is 0 Å². The maximum Gasteiger partial charge on any atom is 4.00 e. The normalized spacial score (nSPS) is 18.0. The van der Waals surface area contributed by atoms with Crippen LogP contribution in [0.1, 0.15) is 41.0 Å². The van der Waals surface area contributed by atoms with E-state index in [1.807, 2.05) is 13.8 Å². The van der Waals surface area contributed by atoms with E-state index in [0.29, 0.717) is 6.71 Å². The van der Waals surface area contributed by atoms with Gasteiger partial charge in [-0.15, -0.1) is 20.3 Å². The van der Waals surface area contributed by atoms with Crippen molar-refractivity contribution in [3.05, 3.63) is 32.5 Å². The van der Waals surface area contributed by atoms with Gasteiger partial charge in [-0.2, -0.15) is 0 Å². The van der Waals surface area contributed by atoms with Crippen molar-refractivity contribution < 1.29 is 21.7 Å². The average Bonchev–Trinajstić information content (AvgIpc) is 2.84. The van der Waals surface area contributed by atoms with Crippen LogP contribution in [0.3, 0.4) is 0 Å². The topological polar surface area (TPSA) is 28.2 Å². The number of hydrogen-bond donors (Lipinski definition) is 0. The van der Waals surface area contributed by atoms with E-state index < -0.39 is 32.9 Å². The molecule has 0 atom stereocenters. The van der Waals surface area contributed by atoms with Crippen LogP contribution in [-0.4, -0.2) is 39.7 Å². The maximum atomic E-state index is 4.93. The molecule has 32 heavy (non-hydrogen) atoms. The summed E-state index contributed by atoms with van der Waals surface area (Å²) in [4.78, 5) is 0. The molecule has 0 bridgehead atoms. The zero-order valence-corrected chi connectivity index (χ0v) is 30.1. The molecule has 1 aliphatic rings. The minimum atomic E-state index is -1.11. The Hall–Kier alpha value is 1.05. The Kier molecular flexibility index (Phi) is 19.6. The van der Waals surface area contributed by atoms with Gasteiger partial charge < -0.3 is 32.5 Å². The number of hydrogen-bond acceptors (Lipinski definition) is 0. The molecule has 1 rings (SSSR count). The molecule has 184 valence electrons. The molecule has 2 nitrogen and oxygen atoms in total. The van der Waals surface area contributed by atoms with Gasteiger partial charge in [0.1, 0.15) is 0 Å². The molecule has 1 saturated heterocycles. The standard InChI is InChI=1S/C12H21B.C6H16NSi2.C6H18NSi2.Ti/c1-6-11(7-2)12(8-3)13(9-4)10-5;1-8(2)5-6-9(3,4)7-8;1-8(2,3)7-9(4,5)6;/h6,9-10H2,1-5H3;5-6H2,1-4H3;1-6H3;/q-2;2*-1;+4. The SMILES string of the molecule is C[C-]=C(CC)C(=[C-]C)B(CC)CC.C[Si](C)(C)[N-][Si](C)(C)C.C[Si]1(C)CC[Si](C)(C)[N-]1.[Ti+4]. The molecular weight excluding hydrogens is 487 g/mol. The summed E-state index contributed by atoms with van der Waals surface area (Å²) in [7, 11) is -4.19. The Bertz CT molecular complexity index is 535. The van der Waals surface area contributed by atoms with Gasteiger partial charge >= 0.3 is 21.7 Å². The van der Waals surface area contributed by atoms with Gasteiger partial charge in [0.2, 0.25) is 0 Å². The molecular formula is C24H55BN2Si4Ti. The first-order valence-electron chi connectivity index (χ1n) is 12.4. The number of allylic oxidation sites excluding steroid dienone is 4. The molecule has 0 aromatic carbocycles. The minimum Gasteiger partial charge on any atom is -0.668 e. The molecule has 0 spiro atoms. The van der Waals surface area contributed by atoms with E-state index >= 15 is 0 Å². The van der Waals surface area contributed by atoms with Crippen molar-refractivity contribution in [2.24, 2.45) is 0 Å². The van der Waals surface area contributed by atoms with Crippen LogP contribution < -0.4 is 0 Å². The van der Waals surface area contributed by atoms with Crippen LogP contribution in [0.2, 0.25) is 90.2 Å². The van der Waals surface area contributed by atoms with Crippen molar-refractivity contribution >= 4 is 39.7 Å². The fourth-order valence-corrected chi connectivity index (χ4v) is 24.7. The zero-order valence-electron chi connectivity index (χ0n) is 24.5. The van der Waals surface area contributed by atoms with Gasteiger partial charge in [0.05, 0.1) is 0 Å². The number of nitrogens with zero attached hydrogens (tertiary/aromatic N) is 2. The third kappa shape index (κ3) is 19.4. The Morgan fingerprint density at radius 1 is 0.812 bits per heavy atom. The maximum absolute atomic E-state index is 4.93. The van der Waals surface area contributed by atoms with Crippen LogP contribution in [0.25, 0.3) is 9.30 Å². The molecule has 0 aromatic rings. The van der Waals surface area contributed by atoms with E-state index in [1.54, 1.807) is 0 Å². The molecule has 0 N–H and O–H groups in total. The van der Waals surface area contributed by atoms with Crippen molar-refractivity contribution in [1.29, 1.82) is 0 Å². The summed E-state index contributed by atoms with van der Waals surface area (Å²) in [6, 6.07) is 2.90. The van der Waals surface area contributed by atoms with Crippen molar-refractivity contribution in [1.82, 2.24) is 0 Å². The van der Waals surface area contributed by atoms with Gasteiger partial charge in [0.25, 0.3) is 0 Å². The predicted octanol–water partition coefficient (Wildman–Crippen LogP) is 9.78. The van der Waals surface area contributed by atoms with E-state index in [2.05, 4.69) is 98.4 Å². The molecule has 1 aliphatic heterocycles. The second kappa shape index (κ2) is 16.7. The predicted molar refractivity (Wildman–Crippen MR) is 160 cm³/mol. The fourth-order valence-electron chi connectivity index (χ4n) is 4.35. The van der Waals surface area contributed by atoms with E-state index in [0.717, 1.165) is 6.42 Å². The van der Waals surface area contributed by atoms with E-state index in [4.69, 9.17) is 9.30 Å². The third-order valence-electron chi connectivity index (χ3n) is 5.27. The Morgan fingerprint density at radius 3 is 1.31 bits per heavy atom. The molecule has 0 radical (unpaired) electrons. The second-order valence-electron chi connectivity index (χ2n) is 11.9. The van der Waals surface area contributed by atoms with Crippen LogP contribution >= 0.6 is 0 Å².